The number of nitrogens with one attached hydrogen (secondary N) is 1. The highest BCUT2D eigenvalue weighted by atomic mass is 16.5. The van der Waals surface area contributed by atoms with Gasteiger partial charge in [-0.25, -0.2) is 4.79 Å². The average molecular weight is 293 g/mol. The van der Waals surface area contributed by atoms with Crippen LogP contribution in [0.4, 0.5) is 0 Å². The van der Waals surface area contributed by atoms with Crippen molar-refractivity contribution in [3.8, 4) is 5.75 Å². The molecule has 0 unspecified atom stereocenters. The fraction of sp³-hybridized carbons (Fsp3) is 0.500. The Morgan fingerprint density at radius 3 is 2.14 bits per heavy atom. The van der Waals surface area contributed by atoms with Gasteiger partial charge in [-0.3, -0.25) is 4.79 Å². The van der Waals surface area contributed by atoms with Gasteiger partial charge in [-0.15, -0.1) is 0 Å². The molecule has 2 N–H and O–H groups in total. The van der Waals surface area contributed by atoms with E-state index in [1.54, 1.807) is 26.0 Å². The van der Waals surface area contributed by atoms with Gasteiger partial charge >= 0.3 is 5.97 Å². The summed E-state index contributed by atoms with van der Waals surface area (Å²) in [7, 11) is 0. The van der Waals surface area contributed by atoms with Crippen molar-refractivity contribution >= 4 is 11.9 Å². The molecule has 0 radical (unpaired) electrons. The number of benzene rings is 1. The number of carbonyl (C=O) groups excluding carboxylic acids is 1. The van der Waals surface area contributed by atoms with Crippen LogP contribution in [0.3, 0.4) is 0 Å². The lowest BCUT2D eigenvalue weighted by atomic mass is 10.0. The highest BCUT2D eigenvalue weighted by molar-refractivity contribution is 5.84. The number of carbonyl (C=O) groups is 2. The minimum atomic E-state index is -1.04. The fourth-order valence-corrected chi connectivity index (χ4v) is 1.75. The number of ether oxygens (including phenoxy) is 1. The second-order valence-corrected chi connectivity index (χ2v) is 5.57. The summed E-state index contributed by atoms with van der Waals surface area (Å²) < 4.78 is 5.53. The molecule has 5 heteroatoms. The number of hydrogen-bond acceptors (Lipinski definition) is 3. The van der Waals surface area contributed by atoms with E-state index in [2.05, 4.69) is 5.32 Å². The quantitative estimate of drug-likeness (QED) is 0.808. The Labute approximate surface area is 125 Å². The summed E-state index contributed by atoms with van der Waals surface area (Å²) in [6.07, 6.45) is 0.336. The van der Waals surface area contributed by atoms with E-state index in [1.807, 2.05) is 26.0 Å². The van der Waals surface area contributed by atoms with E-state index in [1.165, 1.54) is 0 Å². The predicted molar refractivity (Wildman–Crippen MR) is 80.3 cm³/mol. The molecule has 0 aliphatic rings. The average Bonchev–Trinajstić information content (AvgIpc) is 2.39. The summed E-state index contributed by atoms with van der Waals surface area (Å²) in [4.78, 5) is 22.9. The number of carboxylic acid groups (broad SMARTS) is 1. The standard InChI is InChI=1S/C16H23NO4/c1-10(2)15(18)17-14(16(19)20)9-12-5-7-13(8-6-12)21-11(3)4/h5-8,10-11,14H,9H2,1-4H3,(H,17,18)(H,19,20)/t14-/m0/s1. The molecule has 1 atom stereocenters. The number of hydrogen-bond donors (Lipinski definition) is 2. The van der Waals surface area contributed by atoms with Gasteiger partial charge in [0.05, 0.1) is 6.10 Å². The Morgan fingerprint density at radius 1 is 1.14 bits per heavy atom. The van der Waals surface area contributed by atoms with Crippen molar-refractivity contribution in [2.24, 2.45) is 5.92 Å². The third kappa shape index (κ3) is 5.85. The molecule has 1 amide bonds. The zero-order chi connectivity index (χ0) is 16.0. The lowest BCUT2D eigenvalue weighted by Gasteiger charge is -2.16. The van der Waals surface area contributed by atoms with Crippen LogP contribution in [0.1, 0.15) is 33.3 Å². The Bertz CT molecular complexity index is 480. The molecule has 5 nitrogen and oxygen atoms in total. The first-order chi connectivity index (χ1) is 9.79. The van der Waals surface area contributed by atoms with E-state index in [9.17, 15) is 14.7 Å². The number of rotatable bonds is 7. The van der Waals surface area contributed by atoms with Gasteiger partial charge in [0.15, 0.2) is 0 Å². The van der Waals surface area contributed by atoms with Crippen LogP contribution < -0.4 is 10.1 Å². The molecule has 0 bridgehead atoms. The van der Waals surface area contributed by atoms with Gasteiger partial charge in [-0.05, 0) is 31.5 Å². The van der Waals surface area contributed by atoms with E-state index in [0.717, 1.165) is 11.3 Å². The van der Waals surface area contributed by atoms with Gasteiger partial charge in [0.1, 0.15) is 11.8 Å². The molecular weight excluding hydrogens is 270 g/mol. The SMILES string of the molecule is CC(C)Oc1ccc(C[C@H](NC(=O)C(C)C)C(=O)O)cc1. The Morgan fingerprint density at radius 2 is 1.71 bits per heavy atom. The maximum Gasteiger partial charge on any atom is 0.326 e. The number of carboxylic acids is 1. The van der Waals surface area contributed by atoms with E-state index in [0.29, 0.717) is 0 Å². The first kappa shape index (κ1) is 17.0. The lowest BCUT2D eigenvalue weighted by Crippen LogP contribution is -2.44. The van der Waals surface area contributed by atoms with E-state index in [-0.39, 0.29) is 24.3 Å². The van der Waals surface area contributed by atoms with Crippen LogP contribution in [0, 0.1) is 5.92 Å². The van der Waals surface area contributed by atoms with E-state index < -0.39 is 12.0 Å². The minimum Gasteiger partial charge on any atom is -0.491 e. The summed E-state index contributed by atoms with van der Waals surface area (Å²) in [5.41, 5.74) is 0.836. The highest BCUT2D eigenvalue weighted by Gasteiger charge is 2.21. The lowest BCUT2D eigenvalue weighted by molar-refractivity contribution is -0.142. The molecule has 0 aliphatic heterocycles. The molecular formula is C16H23NO4. The highest BCUT2D eigenvalue weighted by Crippen LogP contribution is 2.15. The van der Waals surface area contributed by atoms with Crippen LogP contribution in [0.25, 0.3) is 0 Å². The van der Waals surface area contributed by atoms with Crippen molar-refractivity contribution in [1.82, 2.24) is 5.32 Å². The van der Waals surface area contributed by atoms with Gasteiger partial charge in [0.25, 0.3) is 0 Å². The first-order valence-corrected chi connectivity index (χ1v) is 7.08. The van der Waals surface area contributed by atoms with Crippen LogP contribution in [-0.4, -0.2) is 29.1 Å². The Hall–Kier alpha value is -2.04. The zero-order valence-electron chi connectivity index (χ0n) is 12.9. The number of aliphatic carboxylic acids is 1. The summed E-state index contributed by atoms with van der Waals surface area (Å²) in [6, 6.07) is 6.32. The summed E-state index contributed by atoms with van der Waals surface area (Å²) in [5.74, 6) is -0.797. The van der Waals surface area contributed by atoms with Crippen LogP contribution >= 0.6 is 0 Å². The normalized spacial score (nSPS) is 12.3. The van der Waals surface area contributed by atoms with Crippen LogP contribution in [0.2, 0.25) is 0 Å². The maximum absolute atomic E-state index is 11.6. The third-order valence-corrected chi connectivity index (χ3v) is 2.87. The van der Waals surface area contributed by atoms with Crippen molar-refractivity contribution in [2.45, 2.75) is 46.3 Å². The van der Waals surface area contributed by atoms with Gasteiger partial charge in [-0.2, -0.15) is 0 Å². The zero-order valence-corrected chi connectivity index (χ0v) is 12.9. The summed E-state index contributed by atoms with van der Waals surface area (Å²) in [5, 5.41) is 11.7. The third-order valence-electron chi connectivity index (χ3n) is 2.87. The van der Waals surface area contributed by atoms with Gasteiger partial charge in [-0.1, -0.05) is 26.0 Å². The van der Waals surface area contributed by atoms with Crippen molar-refractivity contribution in [3.63, 3.8) is 0 Å². The van der Waals surface area contributed by atoms with Crippen molar-refractivity contribution in [3.05, 3.63) is 29.8 Å². The van der Waals surface area contributed by atoms with Gasteiger partial charge in [0, 0.05) is 12.3 Å². The van der Waals surface area contributed by atoms with Crippen LogP contribution in [0.5, 0.6) is 5.75 Å². The van der Waals surface area contributed by atoms with Gasteiger partial charge < -0.3 is 15.2 Å². The molecule has 21 heavy (non-hydrogen) atoms. The molecule has 0 heterocycles. The van der Waals surface area contributed by atoms with Gasteiger partial charge in [0.2, 0.25) is 5.91 Å². The molecule has 116 valence electrons. The molecule has 0 aliphatic carbocycles. The van der Waals surface area contributed by atoms with E-state index in [4.69, 9.17) is 4.74 Å². The molecule has 0 aromatic heterocycles. The Balaban J connectivity index is 2.71. The molecule has 0 saturated heterocycles. The molecule has 0 fully saturated rings. The fourth-order valence-electron chi connectivity index (χ4n) is 1.75. The molecule has 0 saturated carbocycles. The van der Waals surface area contributed by atoms with Crippen LogP contribution in [0.15, 0.2) is 24.3 Å². The monoisotopic (exact) mass is 293 g/mol. The molecule has 0 spiro atoms. The molecule has 1 aromatic carbocycles. The number of amides is 1. The topological polar surface area (TPSA) is 75.6 Å². The van der Waals surface area contributed by atoms with E-state index >= 15 is 0 Å². The minimum absolute atomic E-state index is 0.0907. The van der Waals surface area contributed by atoms with Crippen molar-refractivity contribution < 1.29 is 19.4 Å². The summed E-state index contributed by atoms with van der Waals surface area (Å²) >= 11 is 0. The van der Waals surface area contributed by atoms with Crippen molar-refractivity contribution in [1.29, 1.82) is 0 Å². The second-order valence-electron chi connectivity index (χ2n) is 5.57. The summed E-state index contributed by atoms with van der Waals surface area (Å²) in [6.45, 7) is 7.34. The molecule has 1 rings (SSSR count). The Kier molecular flexibility index (Phi) is 6.21. The second kappa shape index (κ2) is 7.67. The van der Waals surface area contributed by atoms with Crippen molar-refractivity contribution in [2.75, 3.05) is 0 Å². The predicted octanol–water partition coefficient (Wildman–Crippen LogP) is 2.24. The maximum atomic E-state index is 11.6. The largest absolute Gasteiger partial charge is 0.491 e. The molecule has 1 aromatic rings. The first-order valence-electron chi connectivity index (χ1n) is 7.08. The van der Waals surface area contributed by atoms with Crippen LogP contribution in [-0.2, 0) is 16.0 Å². The smallest absolute Gasteiger partial charge is 0.326 e.